The normalized spacial score (nSPS) is 11.6. The summed E-state index contributed by atoms with van der Waals surface area (Å²) in [6.45, 7) is 7.96. The monoisotopic (exact) mass is 318 g/mol. The van der Waals surface area contributed by atoms with Gasteiger partial charge in [0.15, 0.2) is 0 Å². The van der Waals surface area contributed by atoms with Crippen molar-refractivity contribution in [3.05, 3.63) is 45.9 Å². The Labute approximate surface area is 137 Å². The molecule has 1 aromatic carbocycles. The van der Waals surface area contributed by atoms with Crippen LogP contribution in [0.5, 0.6) is 5.75 Å². The van der Waals surface area contributed by atoms with Crippen molar-refractivity contribution in [1.82, 2.24) is 4.98 Å². The molecule has 2 aromatic rings. The van der Waals surface area contributed by atoms with Gasteiger partial charge in [0.25, 0.3) is 0 Å². The van der Waals surface area contributed by atoms with E-state index in [1.54, 1.807) is 11.3 Å². The average molecular weight is 318 g/mol. The molecule has 0 aliphatic heterocycles. The van der Waals surface area contributed by atoms with Crippen molar-refractivity contribution in [2.75, 3.05) is 13.2 Å². The van der Waals surface area contributed by atoms with E-state index in [9.17, 15) is 0 Å². The number of thiazole rings is 1. The summed E-state index contributed by atoms with van der Waals surface area (Å²) >= 11 is 1.73. The Bertz CT molecular complexity index is 592. The van der Waals surface area contributed by atoms with E-state index in [1.165, 1.54) is 10.6 Å². The van der Waals surface area contributed by atoms with E-state index >= 15 is 0 Å². The van der Waals surface area contributed by atoms with Gasteiger partial charge in [0.2, 0.25) is 0 Å². The maximum atomic E-state index is 5.92. The van der Waals surface area contributed by atoms with Crippen molar-refractivity contribution in [3.8, 4) is 5.75 Å². The minimum Gasteiger partial charge on any atom is -0.494 e. The van der Waals surface area contributed by atoms with Crippen LogP contribution in [0.4, 0.5) is 0 Å². The minimum atomic E-state index is 0.0277. The predicted molar refractivity (Wildman–Crippen MR) is 93.8 cm³/mol. The molecule has 0 spiro atoms. The number of rotatable bonds is 8. The van der Waals surface area contributed by atoms with Crippen LogP contribution in [0.15, 0.2) is 29.6 Å². The molecule has 0 unspecified atom stereocenters. The molecule has 0 saturated heterocycles. The van der Waals surface area contributed by atoms with Gasteiger partial charge in [-0.1, -0.05) is 32.9 Å². The van der Waals surface area contributed by atoms with Crippen LogP contribution in [0, 0.1) is 0 Å². The second-order valence-electron chi connectivity index (χ2n) is 6.17. The van der Waals surface area contributed by atoms with Crippen LogP contribution in [0.3, 0.4) is 0 Å². The number of hydrogen-bond acceptors (Lipinski definition) is 4. The SMILES string of the molecule is CCc1cccc(OCCC(C)(C)c2nc(CCN)cs2)c1. The molecule has 4 heteroatoms. The molecule has 120 valence electrons. The molecule has 1 aromatic heterocycles. The first kappa shape index (κ1) is 17.0. The summed E-state index contributed by atoms with van der Waals surface area (Å²) in [7, 11) is 0. The van der Waals surface area contributed by atoms with Gasteiger partial charge in [-0.3, -0.25) is 0 Å². The Kier molecular flexibility index (Phi) is 5.98. The number of benzene rings is 1. The fourth-order valence-electron chi connectivity index (χ4n) is 2.27. The fourth-order valence-corrected chi connectivity index (χ4v) is 3.28. The molecule has 0 radical (unpaired) electrons. The van der Waals surface area contributed by atoms with E-state index in [2.05, 4.69) is 44.4 Å². The Balaban J connectivity index is 1.91. The fraction of sp³-hybridized carbons (Fsp3) is 0.500. The third-order valence-electron chi connectivity index (χ3n) is 3.83. The standard InChI is InChI=1S/C18H26N2OS/c1-4-14-6-5-7-16(12-14)21-11-9-18(2,3)17-20-15(8-10-19)13-22-17/h5-7,12-13H,4,8-11,19H2,1-3H3. The van der Waals surface area contributed by atoms with Crippen LogP contribution < -0.4 is 10.5 Å². The topological polar surface area (TPSA) is 48.1 Å². The van der Waals surface area contributed by atoms with Gasteiger partial charge < -0.3 is 10.5 Å². The van der Waals surface area contributed by atoms with Crippen LogP contribution in [0.25, 0.3) is 0 Å². The molecule has 3 nitrogen and oxygen atoms in total. The van der Waals surface area contributed by atoms with Crippen molar-refractivity contribution in [2.45, 2.75) is 45.4 Å². The number of aryl methyl sites for hydroxylation is 1. The lowest BCUT2D eigenvalue weighted by molar-refractivity contribution is 0.272. The zero-order valence-corrected chi connectivity index (χ0v) is 14.6. The first-order chi connectivity index (χ1) is 10.5. The molecule has 1 heterocycles. The summed E-state index contributed by atoms with van der Waals surface area (Å²) in [5.74, 6) is 0.957. The summed E-state index contributed by atoms with van der Waals surface area (Å²) in [6, 6.07) is 8.33. The van der Waals surface area contributed by atoms with E-state index < -0.39 is 0 Å². The summed E-state index contributed by atoms with van der Waals surface area (Å²) in [6.07, 6.45) is 2.83. The third-order valence-corrected chi connectivity index (χ3v) is 5.09. The Hall–Kier alpha value is -1.39. The highest BCUT2D eigenvalue weighted by molar-refractivity contribution is 7.09. The molecule has 0 fully saturated rings. The molecule has 22 heavy (non-hydrogen) atoms. The number of ether oxygens (including phenoxy) is 1. The van der Waals surface area contributed by atoms with Gasteiger partial charge in [-0.2, -0.15) is 0 Å². The van der Waals surface area contributed by atoms with E-state index in [1.807, 2.05) is 6.07 Å². The van der Waals surface area contributed by atoms with Crippen LogP contribution in [0.2, 0.25) is 0 Å². The number of hydrogen-bond donors (Lipinski definition) is 1. The van der Waals surface area contributed by atoms with Crippen LogP contribution in [0.1, 0.15) is 43.5 Å². The zero-order valence-electron chi connectivity index (χ0n) is 13.8. The highest BCUT2D eigenvalue weighted by atomic mass is 32.1. The van der Waals surface area contributed by atoms with E-state index in [0.29, 0.717) is 13.2 Å². The molecular formula is C18H26N2OS. The average Bonchev–Trinajstić information content (AvgIpc) is 2.97. The van der Waals surface area contributed by atoms with Gasteiger partial charge in [-0.15, -0.1) is 11.3 Å². The minimum absolute atomic E-state index is 0.0277. The molecule has 2 N–H and O–H groups in total. The van der Waals surface area contributed by atoms with Crippen LogP contribution in [-0.2, 0) is 18.3 Å². The Morgan fingerprint density at radius 3 is 2.86 bits per heavy atom. The van der Waals surface area contributed by atoms with Crippen molar-refractivity contribution in [3.63, 3.8) is 0 Å². The van der Waals surface area contributed by atoms with E-state index in [-0.39, 0.29) is 5.41 Å². The van der Waals surface area contributed by atoms with Gasteiger partial charge in [-0.05, 0) is 37.1 Å². The largest absolute Gasteiger partial charge is 0.494 e. The lowest BCUT2D eigenvalue weighted by Gasteiger charge is -2.22. The lowest BCUT2D eigenvalue weighted by Crippen LogP contribution is -2.20. The third kappa shape index (κ3) is 4.55. The molecular weight excluding hydrogens is 292 g/mol. The van der Waals surface area contributed by atoms with Gasteiger partial charge in [0.05, 0.1) is 17.3 Å². The highest BCUT2D eigenvalue weighted by Gasteiger charge is 2.24. The van der Waals surface area contributed by atoms with E-state index in [0.717, 1.165) is 30.7 Å². The molecule has 0 atom stereocenters. The quantitative estimate of drug-likeness (QED) is 0.801. The molecule has 0 aliphatic carbocycles. The summed E-state index contributed by atoms with van der Waals surface area (Å²) in [5.41, 5.74) is 8.03. The summed E-state index contributed by atoms with van der Waals surface area (Å²) < 4.78 is 5.92. The molecule has 0 bridgehead atoms. The first-order valence-electron chi connectivity index (χ1n) is 7.92. The number of nitrogens with zero attached hydrogens (tertiary/aromatic N) is 1. The zero-order chi connectivity index (χ0) is 16.0. The smallest absolute Gasteiger partial charge is 0.119 e. The second kappa shape index (κ2) is 7.75. The van der Waals surface area contributed by atoms with E-state index in [4.69, 9.17) is 15.5 Å². The van der Waals surface area contributed by atoms with Gasteiger partial charge in [0, 0.05) is 17.2 Å². The summed E-state index contributed by atoms with van der Waals surface area (Å²) in [4.78, 5) is 4.71. The first-order valence-corrected chi connectivity index (χ1v) is 8.80. The molecule has 2 rings (SSSR count). The van der Waals surface area contributed by atoms with Crippen LogP contribution in [-0.4, -0.2) is 18.1 Å². The molecule has 0 amide bonds. The molecule has 0 saturated carbocycles. The van der Waals surface area contributed by atoms with Crippen molar-refractivity contribution in [2.24, 2.45) is 5.73 Å². The maximum Gasteiger partial charge on any atom is 0.119 e. The summed E-state index contributed by atoms with van der Waals surface area (Å²) in [5, 5.41) is 3.29. The van der Waals surface area contributed by atoms with Crippen molar-refractivity contribution < 1.29 is 4.74 Å². The highest BCUT2D eigenvalue weighted by Crippen LogP contribution is 2.30. The number of nitrogens with two attached hydrogens (primary N) is 1. The molecule has 0 aliphatic rings. The van der Waals surface area contributed by atoms with Gasteiger partial charge >= 0.3 is 0 Å². The Morgan fingerprint density at radius 1 is 1.32 bits per heavy atom. The predicted octanol–water partition coefficient (Wildman–Crippen LogP) is 3.95. The van der Waals surface area contributed by atoms with Gasteiger partial charge in [-0.25, -0.2) is 4.98 Å². The maximum absolute atomic E-state index is 5.92. The Morgan fingerprint density at radius 2 is 2.14 bits per heavy atom. The number of aromatic nitrogens is 1. The second-order valence-corrected chi connectivity index (χ2v) is 7.02. The van der Waals surface area contributed by atoms with Crippen LogP contribution >= 0.6 is 11.3 Å². The van der Waals surface area contributed by atoms with Crippen molar-refractivity contribution in [1.29, 1.82) is 0 Å². The lowest BCUT2D eigenvalue weighted by atomic mass is 9.90. The van der Waals surface area contributed by atoms with Gasteiger partial charge in [0.1, 0.15) is 5.75 Å². The van der Waals surface area contributed by atoms with Crippen molar-refractivity contribution >= 4 is 11.3 Å².